The van der Waals surface area contributed by atoms with Crippen LogP contribution in [0, 0.1) is 5.82 Å². The zero-order valence-electron chi connectivity index (χ0n) is 16.2. The van der Waals surface area contributed by atoms with E-state index in [0.29, 0.717) is 32.7 Å². The Hall–Kier alpha value is -2.81. The van der Waals surface area contributed by atoms with Gasteiger partial charge in [-0.05, 0) is 30.5 Å². The summed E-state index contributed by atoms with van der Waals surface area (Å²) in [7, 11) is 0. The maximum atomic E-state index is 13.2. The number of hydrogen-bond donors (Lipinski definition) is 2. The highest BCUT2D eigenvalue weighted by Crippen LogP contribution is 2.26. The van der Waals surface area contributed by atoms with Gasteiger partial charge in [-0.15, -0.1) is 0 Å². The summed E-state index contributed by atoms with van der Waals surface area (Å²) < 4.78 is 13.2. The molecule has 0 spiro atoms. The summed E-state index contributed by atoms with van der Waals surface area (Å²) in [6, 6.07) is 5.76. The van der Waals surface area contributed by atoms with Gasteiger partial charge in [0.15, 0.2) is 0 Å². The van der Waals surface area contributed by atoms with Crippen molar-refractivity contribution in [2.45, 2.75) is 37.8 Å². The summed E-state index contributed by atoms with van der Waals surface area (Å²) >= 11 is 0. The first-order chi connectivity index (χ1) is 14.1. The standard InChI is InChI=1S/C20H25FN6O2/c21-16-3-1-14(2-4-16)12-27-10-7-22-20(29)17(27)11-18(28)26-8-5-15(6-9-26)19-23-13-24-25-19/h1-4,13,15,17H,5-12H2,(H,22,29)(H,23,24,25). The van der Waals surface area contributed by atoms with Gasteiger partial charge in [-0.3, -0.25) is 19.6 Å². The van der Waals surface area contributed by atoms with Crippen molar-refractivity contribution < 1.29 is 14.0 Å². The molecule has 0 bridgehead atoms. The lowest BCUT2D eigenvalue weighted by molar-refractivity contribution is -0.139. The fourth-order valence-corrected chi connectivity index (χ4v) is 4.11. The van der Waals surface area contributed by atoms with Gasteiger partial charge in [-0.2, -0.15) is 5.10 Å². The molecule has 1 unspecified atom stereocenters. The Morgan fingerprint density at radius 2 is 1.93 bits per heavy atom. The number of carbonyl (C=O) groups is 2. The number of amides is 2. The lowest BCUT2D eigenvalue weighted by atomic mass is 9.95. The monoisotopic (exact) mass is 400 g/mol. The Morgan fingerprint density at radius 3 is 2.62 bits per heavy atom. The Bertz CT molecular complexity index is 833. The molecule has 2 amide bonds. The van der Waals surface area contributed by atoms with Crippen LogP contribution in [0.4, 0.5) is 4.39 Å². The van der Waals surface area contributed by atoms with E-state index in [1.54, 1.807) is 12.1 Å². The molecule has 2 fully saturated rings. The molecule has 2 aliphatic rings. The molecule has 2 aromatic rings. The predicted octanol–water partition coefficient (Wildman–Crippen LogP) is 1.04. The number of H-pyrrole nitrogens is 1. The van der Waals surface area contributed by atoms with Gasteiger partial charge in [0.1, 0.15) is 18.0 Å². The number of nitrogens with one attached hydrogen (secondary N) is 2. The van der Waals surface area contributed by atoms with Crippen molar-refractivity contribution in [2.24, 2.45) is 0 Å². The second-order valence-corrected chi connectivity index (χ2v) is 7.63. The van der Waals surface area contributed by atoms with Gasteiger partial charge in [0.2, 0.25) is 11.8 Å². The quantitative estimate of drug-likeness (QED) is 0.782. The van der Waals surface area contributed by atoms with Crippen molar-refractivity contribution in [3.05, 3.63) is 47.8 Å². The summed E-state index contributed by atoms with van der Waals surface area (Å²) in [6.45, 7) is 3.02. The largest absolute Gasteiger partial charge is 0.353 e. The van der Waals surface area contributed by atoms with E-state index in [4.69, 9.17) is 0 Å². The molecule has 8 nitrogen and oxygen atoms in total. The van der Waals surface area contributed by atoms with Crippen molar-refractivity contribution in [1.29, 1.82) is 0 Å². The van der Waals surface area contributed by atoms with E-state index < -0.39 is 6.04 Å². The molecule has 0 saturated carbocycles. The fourth-order valence-electron chi connectivity index (χ4n) is 4.11. The number of piperidine rings is 1. The van der Waals surface area contributed by atoms with E-state index in [1.807, 2.05) is 9.80 Å². The molecule has 2 saturated heterocycles. The van der Waals surface area contributed by atoms with Crippen LogP contribution in [0.25, 0.3) is 0 Å². The first-order valence-corrected chi connectivity index (χ1v) is 9.99. The molecule has 154 valence electrons. The first kappa shape index (κ1) is 19.5. The number of aromatic amines is 1. The van der Waals surface area contributed by atoms with Crippen molar-refractivity contribution in [2.75, 3.05) is 26.2 Å². The number of rotatable bonds is 5. The van der Waals surface area contributed by atoms with E-state index in [-0.39, 0.29) is 30.0 Å². The van der Waals surface area contributed by atoms with Crippen molar-refractivity contribution in [3.8, 4) is 0 Å². The number of nitrogens with zero attached hydrogens (tertiary/aromatic N) is 4. The van der Waals surface area contributed by atoms with Gasteiger partial charge in [0.25, 0.3) is 0 Å². The Kier molecular flexibility index (Phi) is 5.84. The van der Waals surface area contributed by atoms with Crippen LogP contribution in [0.3, 0.4) is 0 Å². The average Bonchev–Trinajstić information content (AvgIpc) is 3.27. The van der Waals surface area contributed by atoms with Crippen molar-refractivity contribution >= 4 is 11.8 Å². The SMILES string of the molecule is O=C1NCCN(Cc2ccc(F)cc2)C1CC(=O)N1CCC(c2ncn[nH]2)CC1. The molecule has 9 heteroatoms. The summed E-state index contributed by atoms with van der Waals surface area (Å²) in [5.41, 5.74) is 0.923. The first-order valence-electron chi connectivity index (χ1n) is 9.99. The molecule has 2 N–H and O–H groups in total. The minimum atomic E-state index is -0.506. The van der Waals surface area contributed by atoms with Crippen LogP contribution in [0.2, 0.25) is 0 Å². The van der Waals surface area contributed by atoms with E-state index in [1.165, 1.54) is 18.5 Å². The molecule has 3 heterocycles. The molecular formula is C20H25FN6O2. The van der Waals surface area contributed by atoms with E-state index in [9.17, 15) is 14.0 Å². The van der Waals surface area contributed by atoms with Crippen LogP contribution < -0.4 is 5.32 Å². The second kappa shape index (κ2) is 8.69. The number of hydrogen-bond acceptors (Lipinski definition) is 5. The number of benzene rings is 1. The van der Waals surface area contributed by atoms with Crippen molar-refractivity contribution in [3.63, 3.8) is 0 Å². The molecule has 1 aromatic carbocycles. The molecule has 4 rings (SSSR count). The lowest BCUT2D eigenvalue weighted by Gasteiger charge is -2.37. The Morgan fingerprint density at radius 1 is 1.17 bits per heavy atom. The molecule has 29 heavy (non-hydrogen) atoms. The van der Waals surface area contributed by atoms with Crippen LogP contribution in [0.15, 0.2) is 30.6 Å². The van der Waals surface area contributed by atoms with Crippen LogP contribution in [0.1, 0.15) is 36.6 Å². The van der Waals surface area contributed by atoms with Gasteiger partial charge >= 0.3 is 0 Å². The van der Waals surface area contributed by atoms with Crippen LogP contribution in [-0.2, 0) is 16.1 Å². The summed E-state index contributed by atoms with van der Waals surface area (Å²) in [4.78, 5) is 33.4. The van der Waals surface area contributed by atoms with Crippen LogP contribution in [-0.4, -0.2) is 69.0 Å². The maximum Gasteiger partial charge on any atom is 0.237 e. The molecular weight excluding hydrogens is 375 g/mol. The Balaban J connectivity index is 1.36. The van der Waals surface area contributed by atoms with Crippen LogP contribution >= 0.6 is 0 Å². The van der Waals surface area contributed by atoms with Gasteiger partial charge in [-0.1, -0.05) is 12.1 Å². The highest BCUT2D eigenvalue weighted by Gasteiger charge is 2.34. The maximum absolute atomic E-state index is 13.2. The molecule has 1 atom stereocenters. The topological polar surface area (TPSA) is 94.2 Å². The molecule has 1 aromatic heterocycles. The molecule has 0 radical (unpaired) electrons. The fraction of sp³-hybridized carbons (Fsp3) is 0.500. The van der Waals surface area contributed by atoms with E-state index >= 15 is 0 Å². The van der Waals surface area contributed by atoms with E-state index in [0.717, 1.165) is 24.2 Å². The predicted molar refractivity (Wildman–Crippen MR) is 103 cm³/mol. The van der Waals surface area contributed by atoms with Gasteiger partial charge in [0.05, 0.1) is 12.5 Å². The number of piperazine rings is 1. The third kappa shape index (κ3) is 4.61. The average molecular weight is 400 g/mol. The smallest absolute Gasteiger partial charge is 0.237 e. The zero-order chi connectivity index (χ0) is 20.2. The summed E-state index contributed by atoms with van der Waals surface area (Å²) in [5.74, 6) is 0.741. The highest BCUT2D eigenvalue weighted by molar-refractivity contribution is 5.88. The lowest BCUT2D eigenvalue weighted by Crippen LogP contribution is -2.56. The van der Waals surface area contributed by atoms with Gasteiger partial charge in [-0.25, -0.2) is 9.37 Å². The third-order valence-electron chi connectivity index (χ3n) is 5.78. The van der Waals surface area contributed by atoms with Gasteiger partial charge in [0, 0.05) is 38.6 Å². The number of aromatic nitrogens is 3. The second-order valence-electron chi connectivity index (χ2n) is 7.63. The van der Waals surface area contributed by atoms with Gasteiger partial charge < -0.3 is 10.2 Å². The van der Waals surface area contributed by atoms with E-state index in [2.05, 4.69) is 20.5 Å². The highest BCUT2D eigenvalue weighted by atomic mass is 19.1. The molecule has 0 aliphatic carbocycles. The minimum Gasteiger partial charge on any atom is -0.353 e. The normalized spacial score (nSPS) is 21.2. The Labute approximate surface area is 168 Å². The number of halogens is 1. The number of likely N-dealkylation sites (tertiary alicyclic amines) is 1. The number of carbonyl (C=O) groups excluding carboxylic acids is 2. The minimum absolute atomic E-state index is 0.00724. The zero-order valence-corrected chi connectivity index (χ0v) is 16.2. The summed E-state index contributed by atoms with van der Waals surface area (Å²) in [6.07, 6.45) is 3.32. The third-order valence-corrected chi connectivity index (χ3v) is 5.78. The van der Waals surface area contributed by atoms with Crippen LogP contribution in [0.5, 0.6) is 0 Å². The molecule has 2 aliphatic heterocycles. The summed E-state index contributed by atoms with van der Waals surface area (Å²) in [5, 5.41) is 9.66. The van der Waals surface area contributed by atoms with Crippen molar-refractivity contribution in [1.82, 2.24) is 30.3 Å².